The molecule has 1 saturated heterocycles. The molecule has 0 saturated carbocycles. The second-order valence-corrected chi connectivity index (χ2v) is 8.27. The number of benzene rings is 1. The van der Waals surface area contributed by atoms with Crippen molar-refractivity contribution in [3.8, 4) is 0 Å². The van der Waals surface area contributed by atoms with Gasteiger partial charge in [-0.15, -0.1) is 11.3 Å². The Bertz CT molecular complexity index is 960. The summed E-state index contributed by atoms with van der Waals surface area (Å²) in [4.78, 5) is 24.7. The largest absolute Gasteiger partial charge is 0.368 e. The second-order valence-electron chi connectivity index (χ2n) is 7.03. The third-order valence-corrected chi connectivity index (χ3v) is 5.67. The molecule has 0 bridgehead atoms. The Morgan fingerprint density at radius 2 is 2.10 bits per heavy atom. The number of rotatable bonds is 6. The first-order valence-corrected chi connectivity index (χ1v) is 10.6. The lowest BCUT2D eigenvalue weighted by Gasteiger charge is -2.33. The van der Waals surface area contributed by atoms with Crippen LogP contribution in [0.4, 0.5) is 10.9 Å². The van der Waals surface area contributed by atoms with E-state index in [0.29, 0.717) is 26.1 Å². The summed E-state index contributed by atoms with van der Waals surface area (Å²) in [5.74, 6) is 0.891. The molecule has 1 unspecified atom stereocenters. The minimum absolute atomic E-state index is 0.162. The van der Waals surface area contributed by atoms with E-state index in [0.717, 1.165) is 27.9 Å². The van der Waals surface area contributed by atoms with Gasteiger partial charge in [-0.25, -0.2) is 9.97 Å². The molecule has 3 heterocycles. The molecule has 4 rings (SSSR count). The highest BCUT2D eigenvalue weighted by molar-refractivity contribution is 7.15. The number of thiazole rings is 1. The molecular weight excluding hydrogens is 384 g/mol. The Balaban J connectivity index is 1.37. The van der Waals surface area contributed by atoms with Gasteiger partial charge in [0.25, 0.3) is 0 Å². The molecule has 1 aromatic carbocycles. The van der Waals surface area contributed by atoms with Crippen molar-refractivity contribution in [1.82, 2.24) is 14.9 Å². The molecule has 1 N–H and O–H groups in total. The van der Waals surface area contributed by atoms with Crippen LogP contribution < -0.4 is 5.32 Å². The molecule has 2 aromatic heterocycles. The average Bonchev–Trinajstić information content (AvgIpc) is 3.17. The highest BCUT2D eigenvalue weighted by Gasteiger charge is 2.26. The molecule has 1 amide bonds. The molecule has 1 aliphatic heterocycles. The molecule has 0 spiro atoms. The Labute approximate surface area is 174 Å². The van der Waals surface area contributed by atoms with Gasteiger partial charge in [-0.1, -0.05) is 36.4 Å². The smallest absolute Gasteiger partial charge is 0.223 e. The summed E-state index contributed by atoms with van der Waals surface area (Å²) in [6.45, 7) is 3.69. The second kappa shape index (κ2) is 9.15. The molecule has 3 aromatic rings. The van der Waals surface area contributed by atoms with Crippen molar-refractivity contribution in [3.63, 3.8) is 0 Å². The number of carbonyl (C=O) groups excluding carboxylic acids is 1. The van der Waals surface area contributed by atoms with Gasteiger partial charge in [-0.3, -0.25) is 4.79 Å². The predicted octanol–water partition coefficient (Wildman–Crippen LogP) is 4.12. The number of hydrogen-bond acceptors (Lipinski definition) is 6. The van der Waals surface area contributed by atoms with Crippen LogP contribution in [0.5, 0.6) is 0 Å². The van der Waals surface area contributed by atoms with Crippen molar-refractivity contribution >= 4 is 28.2 Å². The highest BCUT2D eigenvalue weighted by Crippen LogP contribution is 2.25. The van der Waals surface area contributed by atoms with Crippen molar-refractivity contribution in [2.75, 3.05) is 25.0 Å². The van der Waals surface area contributed by atoms with E-state index >= 15 is 0 Å². The standard InChI is InChI=1S/C22H24N4O2S/c1-16-14-23-22(29-16)25-20-9-5-8-18(24-20)19-15-26(12-13-28-19)21(27)11-10-17-6-3-2-4-7-17/h2-9,14,19H,10-13,15H2,1H3,(H,23,24,25). The maximum Gasteiger partial charge on any atom is 0.223 e. The Hall–Kier alpha value is -2.77. The molecule has 1 aliphatic rings. The number of nitrogens with one attached hydrogen (secondary N) is 1. The van der Waals surface area contributed by atoms with Crippen LogP contribution in [-0.2, 0) is 16.0 Å². The molecule has 29 heavy (non-hydrogen) atoms. The summed E-state index contributed by atoms with van der Waals surface area (Å²) in [6.07, 6.45) is 2.88. The lowest BCUT2D eigenvalue weighted by atomic mass is 10.1. The maximum absolute atomic E-state index is 12.7. The van der Waals surface area contributed by atoms with Gasteiger partial charge in [-0.05, 0) is 31.0 Å². The third-order valence-electron chi connectivity index (χ3n) is 4.85. The fourth-order valence-electron chi connectivity index (χ4n) is 3.33. The number of morpholine rings is 1. The molecule has 150 valence electrons. The number of ether oxygens (including phenoxy) is 1. The third kappa shape index (κ3) is 5.19. The monoisotopic (exact) mass is 408 g/mol. The van der Waals surface area contributed by atoms with E-state index in [2.05, 4.69) is 27.4 Å². The topological polar surface area (TPSA) is 67.4 Å². The molecular formula is C22H24N4O2S. The number of carbonyl (C=O) groups is 1. The zero-order valence-electron chi connectivity index (χ0n) is 16.4. The zero-order valence-corrected chi connectivity index (χ0v) is 17.2. The average molecular weight is 409 g/mol. The minimum atomic E-state index is -0.218. The van der Waals surface area contributed by atoms with E-state index in [9.17, 15) is 4.79 Å². The van der Waals surface area contributed by atoms with E-state index in [1.165, 1.54) is 5.56 Å². The fraction of sp³-hybridized carbons (Fsp3) is 0.318. The number of pyridine rings is 1. The first kappa shape index (κ1) is 19.5. The highest BCUT2D eigenvalue weighted by atomic mass is 32.1. The van der Waals surface area contributed by atoms with Crippen LogP contribution in [-0.4, -0.2) is 40.5 Å². The molecule has 1 fully saturated rings. The number of anilines is 2. The van der Waals surface area contributed by atoms with Crippen LogP contribution >= 0.6 is 11.3 Å². The summed E-state index contributed by atoms with van der Waals surface area (Å²) in [5, 5.41) is 4.05. The van der Waals surface area contributed by atoms with Gasteiger partial charge in [-0.2, -0.15) is 0 Å². The van der Waals surface area contributed by atoms with Gasteiger partial charge in [0.05, 0.1) is 18.8 Å². The zero-order chi connectivity index (χ0) is 20.1. The summed E-state index contributed by atoms with van der Waals surface area (Å²) < 4.78 is 5.92. The van der Waals surface area contributed by atoms with Crippen molar-refractivity contribution in [1.29, 1.82) is 0 Å². The van der Waals surface area contributed by atoms with Crippen LogP contribution in [0.3, 0.4) is 0 Å². The Morgan fingerprint density at radius 1 is 1.24 bits per heavy atom. The summed E-state index contributed by atoms with van der Waals surface area (Å²) in [7, 11) is 0. The number of amides is 1. The van der Waals surface area contributed by atoms with Crippen LogP contribution in [0.25, 0.3) is 0 Å². The first-order chi connectivity index (χ1) is 14.2. The van der Waals surface area contributed by atoms with Gasteiger partial charge in [0.2, 0.25) is 5.91 Å². The summed E-state index contributed by atoms with van der Waals surface area (Å²) in [5.41, 5.74) is 2.01. The Morgan fingerprint density at radius 3 is 2.90 bits per heavy atom. The lowest BCUT2D eigenvalue weighted by molar-refractivity contribution is -0.139. The Kier molecular flexibility index (Phi) is 6.17. The first-order valence-electron chi connectivity index (χ1n) is 9.77. The normalized spacial score (nSPS) is 16.6. The van der Waals surface area contributed by atoms with E-state index in [4.69, 9.17) is 4.74 Å². The van der Waals surface area contributed by atoms with Crippen LogP contribution in [0.1, 0.15) is 28.7 Å². The van der Waals surface area contributed by atoms with Gasteiger partial charge in [0.15, 0.2) is 5.13 Å². The molecule has 7 heteroatoms. The van der Waals surface area contributed by atoms with Crippen LogP contribution in [0.15, 0.2) is 54.7 Å². The summed E-state index contributed by atoms with van der Waals surface area (Å²) in [6, 6.07) is 15.9. The van der Waals surface area contributed by atoms with Crippen molar-refractivity contribution < 1.29 is 9.53 Å². The predicted molar refractivity (Wildman–Crippen MR) is 114 cm³/mol. The number of hydrogen-bond donors (Lipinski definition) is 1. The molecule has 0 aliphatic carbocycles. The van der Waals surface area contributed by atoms with Gasteiger partial charge < -0.3 is 15.0 Å². The SMILES string of the molecule is Cc1cnc(Nc2cccc(C3CN(C(=O)CCc4ccccc4)CCO3)n2)s1. The maximum atomic E-state index is 12.7. The quantitative estimate of drug-likeness (QED) is 0.664. The van der Waals surface area contributed by atoms with Crippen molar-refractivity contribution in [2.45, 2.75) is 25.9 Å². The molecule has 0 radical (unpaired) electrons. The number of nitrogens with zero attached hydrogens (tertiary/aromatic N) is 3. The van der Waals surface area contributed by atoms with Gasteiger partial charge >= 0.3 is 0 Å². The van der Waals surface area contributed by atoms with E-state index in [1.807, 2.05) is 54.4 Å². The van der Waals surface area contributed by atoms with Gasteiger partial charge in [0.1, 0.15) is 11.9 Å². The molecule has 6 nitrogen and oxygen atoms in total. The van der Waals surface area contributed by atoms with Crippen LogP contribution in [0.2, 0.25) is 0 Å². The van der Waals surface area contributed by atoms with Crippen molar-refractivity contribution in [3.05, 3.63) is 70.9 Å². The van der Waals surface area contributed by atoms with Crippen LogP contribution in [0, 0.1) is 6.92 Å². The van der Waals surface area contributed by atoms with E-state index in [-0.39, 0.29) is 12.0 Å². The fourth-order valence-corrected chi connectivity index (χ4v) is 4.00. The van der Waals surface area contributed by atoms with Crippen molar-refractivity contribution in [2.24, 2.45) is 0 Å². The minimum Gasteiger partial charge on any atom is -0.368 e. The number of aromatic nitrogens is 2. The summed E-state index contributed by atoms with van der Waals surface area (Å²) >= 11 is 1.59. The molecule has 1 atom stereocenters. The van der Waals surface area contributed by atoms with Gasteiger partial charge in [0, 0.05) is 24.0 Å². The van der Waals surface area contributed by atoms with E-state index < -0.39 is 0 Å². The van der Waals surface area contributed by atoms with E-state index in [1.54, 1.807) is 11.3 Å². The number of aryl methyl sites for hydroxylation is 2. The lowest BCUT2D eigenvalue weighted by Crippen LogP contribution is -2.42.